The molecular weight excluding hydrogens is 486 g/mol. The maximum absolute atomic E-state index is 13.6. The zero-order chi connectivity index (χ0) is 25.8. The molecule has 35 heavy (non-hydrogen) atoms. The highest BCUT2D eigenvalue weighted by atomic mass is 35.5. The first-order valence-electron chi connectivity index (χ1n) is 11.8. The molecule has 3 rings (SSSR count). The molecule has 2 aromatic carbocycles. The van der Waals surface area contributed by atoms with Crippen LogP contribution in [-0.4, -0.2) is 50.0 Å². The van der Waals surface area contributed by atoms with Gasteiger partial charge in [0.1, 0.15) is 12.6 Å². The summed E-state index contributed by atoms with van der Waals surface area (Å²) >= 11 is 6.05. The second-order valence-electron chi connectivity index (χ2n) is 9.38. The van der Waals surface area contributed by atoms with E-state index >= 15 is 0 Å². The summed E-state index contributed by atoms with van der Waals surface area (Å²) in [7, 11) is -3.78. The Labute approximate surface area is 213 Å². The Kier molecular flexibility index (Phi) is 8.83. The van der Waals surface area contributed by atoms with E-state index in [1.54, 1.807) is 32.0 Å². The molecule has 2 aromatic rings. The predicted molar refractivity (Wildman–Crippen MR) is 140 cm³/mol. The molecule has 0 spiro atoms. The number of hydrogen-bond donors (Lipinski definition) is 1. The van der Waals surface area contributed by atoms with Crippen molar-refractivity contribution in [3.05, 3.63) is 64.2 Å². The van der Waals surface area contributed by atoms with Gasteiger partial charge in [-0.1, -0.05) is 54.3 Å². The summed E-state index contributed by atoms with van der Waals surface area (Å²) < 4.78 is 26.5. The zero-order valence-electron chi connectivity index (χ0n) is 20.8. The quantitative estimate of drug-likeness (QED) is 0.538. The van der Waals surface area contributed by atoms with Gasteiger partial charge in [-0.3, -0.25) is 13.9 Å². The number of amides is 2. The van der Waals surface area contributed by atoms with E-state index in [0.29, 0.717) is 16.3 Å². The lowest BCUT2D eigenvalue weighted by atomic mass is 10.1. The van der Waals surface area contributed by atoms with Crippen LogP contribution in [0.4, 0.5) is 5.69 Å². The van der Waals surface area contributed by atoms with Crippen molar-refractivity contribution in [2.75, 3.05) is 17.1 Å². The SMILES string of the molecule is Cc1cccc(CN(C(=O)CN(c2ccc(Cl)cc2C)S(C)(=O)=O)[C@@H](C)C(=O)NC2CCCC2)c1. The zero-order valence-corrected chi connectivity index (χ0v) is 22.3. The molecule has 1 aliphatic rings. The molecule has 0 radical (unpaired) electrons. The van der Waals surface area contributed by atoms with Crippen molar-refractivity contribution < 1.29 is 18.0 Å². The maximum atomic E-state index is 13.6. The van der Waals surface area contributed by atoms with Crippen molar-refractivity contribution in [2.24, 2.45) is 0 Å². The Morgan fingerprint density at radius 2 is 1.80 bits per heavy atom. The Hall–Kier alpha value is -2.58. The van der Waals surface area contributed by atoms with Crippen LogP contribution in [0.1, 0.15) is 49.3 Å². The number of rotatable bonds is 9. The van der Waals surface area contributed by atoms with Gasteiger partial charge in [-0.25, -0.2) is 8.42 Å². The van der Waals surface area contributed by atoms with Crippen LogP contribution in [0.2, 0.25) is 5.02 Å². The number of nitrogens with one attached hydrogen (secondary N) is 1. The molecule has 0 aromatic heterocycles. The summed E-state index contributed by atoms with van der Waals surface area (Å²) in [4.78, 5) is 28.2. The molecule has 1 aliphatic carbocycles. The van der Waals surface area contributed by atoms with Crippen LogP contribution in [0, 0.1) is 13.8 Å². The average molecular weight is 520 g/mol. The molecular formula is C26H34ClN3O4S. The number of nitrogens with zero attached hydrogens (tertiary/aromatic N) is 2. The monoisotopic (exact) mass is 519 g/mol. The van der Waals surface area contributed by atoms with E-state index in [9.17, 15) is 18.0 Å². The van der Waals surface area contributed by atoms with Crippen molar-refractivity contribution >= 4 is 39.1 Å². The number of benzene rings is 2. The normalized spacial score (nSPS) is 15.0. The second kappa shape index (κ2) is 11.4. The minimum atomic E-state index is -3.78. The van der Waals surface area contributed by atoms with Crippen molar-refractivity contribution in [3.63, 3.8) is 0 Å². The number of carbonyl (C=O) groups is 2. The third-order valence-electron chi connectivity index (χ3n) is 6.41. The largest absolute Gasteiger partial charge is 0.352 e. The Morgan fingerprint density at radius 1 is 1.11 bits per heavy atom. The van der Waals surface area contributed by atoms with Crippen LogP contribution in [0.15, 0.2) is 42.5 Å². The van der Waals surface area contributed by atoms with Gasteiger partial charge in [-0.2, -0.15) is 0 Å². The minimum absolute atomic E-state index is 0.116. The fraction of sp³-hybridized carbons (Fsp3) is 0.462. The van der Waals surface area contributed by atoms with E-state index in [1.807, 2.05) is 31.2 Å². The van der Waals surface area contributed by atoms with E-state index in [2.05, 4.69) is 5.32 Å². The van der Waals surface area contributed by atoms with Crippen molar-refractivity contribution in [3.8, 4) is 0 Å². The van der Waals surface area contributed by atoms with Gasteiger partial charge in [0.25, 0.3) is 0 Å². The molecule has 0 unspecified atom stereocenters. The maximum Gasteiger partial charge on any atom is 0.244 e. The van der Waals surface area contributed by atoms with Crippen molar-refractivity contribution in [1.82, 2.24) is 10.2 Å². The fourth-order valence-corrected chi connectivity index (χ4v) is 5.61. The lowest BCUT2D eigenvalue weighted by Gasteiger charge is -2.32. The highest BCUT2D eigenvalue weighted by Crippen LogP contribution is 2.26. The molecule has 1 saturated carbocycles. The second-order valence-corrected chi connectivity index (χ2v) is 11.7. The molecule has 1 atom stereocenters. The summed E-state index contributed by atoms with van der Waals surface area (Å²) in [5.74, 6) is -0.688. The van der Waals surface area contributed by atoms with Gasteiger partial charge in [0.05, 0.1) is 11.9 Å². The number of halogens is 1. The van der Waals surface area contributed by atoms with Crippen LogP contribution in [0.25, 0.3) is 0 Å². The Bertz CT molecular complexity index is 1180. The number of anilines is 1. The molecule has 0 saturated heterocycles. The Morgan fingerprint density at radius 3 is 2.40 bits per heavy atom. The van der Waals surface area contributed by atoms with Crippen molar-refractivity contribution in [1.29, 1.82) is 0 Å². The smallest absolute Gasteiger partial charge is 0.244 e. The fourth-order valence-electron chi connectivity index (χ4n) is 4.48. The van der Waals surface area contributed by atoms with E-state index in [-0.39, 0.29) is 18.5 Å². The highest BCUT2D eigenvalue weighted by molar-refractivity contribution is 7.92. The van der Waals surface area contributed by atoms with Gasteiger partial charge in [-0.15, -0.1) is 0 Å². The summed E-state index contributed by atoms with van der Waals surface area (Å²) in [5.41, 5.74) is 2.91. The molecule has 0 heterocycles. The highest BCUT2D eigenvalue weighted by Gasteiger charge is 2.31. The van der Waals surface area contributed by atoms with Crippen LogP contribution < -0.4 is 9.62 Å². The summed E-state index contributed by atoms with van der Waals surface area (Å²) in [6.07, 6.45) is 5.09. The standard InChI is InChI=1S/C26H34ClN3O4S/c1-18-8-7-9-21(14-18)16-29(20(3)26(32)28-23-10-5-6-11-23)25(31)17-30(35(4,33)34)24-13-12-22(27)15-19(24)2/h7-9,12-15,20,23H,5-6,10-11,16-17H2,1-4H3,(H,28,32)/t20-/m0/s1. The topological polar surface area (TPSA) is 86.8 Å². The summed E-state index contributed by atoms with van der Waals surface area (Å²) in [5, 5.41) is 3.54. The number of aryl methyl sites for hydroxylation is 2. The van der Waals surface area contributed by atoms with Crippen molar-refractivity contribution in [2.45, 2.75) is 65.1 Å². The molecule has 1 fully saturated rings. The minimum Gasteiger partial charge on any atom is -0.352 e. The van der Waals surface area contributed by atoms with Gasteiger partial charge in [0.15, 0.2) is 0 Å². The van der Waals surface area contributed by atoms with E-state index in [4.69, 9.17) is 11.6 Å². The Balaban J connectivity index is 1.90. The molecule has 7 nitrogen and oxygen atoms in total. The molecule has 2 amide bonds. The molecule has 1 N–H and O–H groups in total. The first kappa shape index (κ1) is 27.0. The number of hydrogen-bond acceptors (Lipinski definition) is 4. The van der Waals surface area contributed by atoms with Gasteiger partial charge in [-0.05, 0) is 62.9 Å². The van der Waals surface area contributed by atoms with E-state index in [1.165, 1.54) is 4.90 Å². The third-order valence-corrected chi connectivity index (χ3v) is 7.77. The number of carbonyl (C=O) groups excluding carboxylic acids is 2. The van der Waals surface area contributed by atoms with E-state index < -0.39 is 28.5 Å². The molecule has 190 valence electrons. The van der Waals surface area contributed by atoms with Gasteiger partial charge in [0.2, 0.25) is 21.8 Å². The number of sulfonamides is 1. The molecule has 0 aliphatic heterocycles. The predicted octanol–water partition coefficient (Wildman–Crippen LogP) is 4.20. The first-order valence-corrected chi connectivity index (χ1v) is 14.1. The molecule has 9 heteroatoms. The lowest BCUT2D eigenvalue weighted by molar-refractivity contribution is -0.139. The molecule has 0 bridgehead atoms. The van der Waals surface area contributed by atoms with Crippen LogP contribution in [0.3, 0.4) is 0 Å². The lowest BCUT2D eigenvalue weighted by Crippen LogP contribution is -2.52. The summed E-state index contributed by atoms with van der Waals surface area (Å²) in [6, 6.07) is 11.9. The average Bonchev–Trinajstić information content (AvgIpc) is 3.28. The van der Waals surface area contributed by atoms with Gasteiger partial charge in [0, 0.05) is 17.6 Å². The van der Waals surface area contributed by atoms with Crippen LogP contribution in [-0.2, 0) is 26.2 Å². The van der Waals surface area contributed by atoms with Gasteiger partial charge >= 0.3 is 0 Å². The van der Waals surface area contributed by atoms with Crippen LogP contribution in [0.5, 0.6) is 0 Å². The first-order chi connectivity index (χ1) is 16.5. The van der Waals surface area contributed by atoms with Gasteiger partial charge < -0.3 is 10.2 Å². The third kappa shape index (κ3) is 7.21. The van der Waals surface area contributed by atoms with Crippen LogP contribution >= 0.6 is 11.6 Å². The summed E-state index contributed by atoms with van der Waals surface area (Å²) in [6.45, 7) is 5.16. The van der Waals surface area contributed by atoms with E-state index in [0.717, 1.165) is 47.4 Å².